The molecule has 0 saturated carbocycles. The summed E-state index contributed by atoms with van der Waals surface area (Å²) in [6.45, 7) is 12.8. The zero-order valence-corrected chi connectivity index (χ0v) is 22.5. The van der Waals surface area contributed by atoms with Crippen LogP contribution in [0.25, 0.3) is 21.3 Å². The number of ether oxygens (including phenoxy) is 1. The molecular formula is C27H34N4O4S. The molecule has 1 amide bonds. The van der Waals surface area contributed by atoms with Crippen LogP contribution >= 0.6 is 11.3 Å². The number of unbranched alkanes of at least 4 members (excludes halogenated alkanes) is 1. The van der Waals surface area contributed by atoms with Gasteiger partial charge >= 0.3 is 6.09 Å². The van der Waals surface area contributed by atoms with Gasteiger partial charge in [-0.3, -0.25) is 4.79 Å². The van der Waals surface area contributed by atoms with E-state index >= 15 is 0 Å². The Balaban J connectivity index is 2.43. The lowest BCUT2D eigenvalue weighted by Crippen LogP contribution is -2.40. The fourth-order valence-corrected chi connectivity index (χ4v) is 4.89. The summed E-state index contributed by atoms with van der Waals surface area (Å²) < 4.78 is 8.06. The van der Waals surface area contributed by atoms with Gasteiger partial charge in [0.05, 0.1) is 23.7 Å². The monoisotopic (exact) mass is 510 g/mol. The Kier molecular flexibility index (Phi) is 8.41. The molecule has 1 aromatic carbocycles. The van der Waals surface area contributed by atoms with E-state index in [4.69, 9.17) is 4.74 Å². The van der Waals surface area contributed by atoms with Crippen LogP contribution in [0.1, 0.15) is 71.8 Å². The highest BCUT2D eigenvalue weighted by molar-refractivity contribution is 7.13. The van der Waals surface area contributed by atoms with Gasteiger partial charge < -0.3 is 19.7 Å². The van der Waals surface area contributed by atoms with Gasteiger partial charge in [0.25, 0.3) is 5.56 Å². The van der Waals surface area contributed by atoms with Crippen LogP contribution in [0.3, 0.4) is 0 Å². The highest BCUT2D eigenvalue weighted by Gasteiger charge is 2.35. The first kappa shape index (κ1) is 27.2. The number of fused-ring (bicyclic) bond motifs is 1. The summed E-state index contributed by atoms with van der Waals surface area (Å²) in [6.07, 6.45) is 0.573. The summed E-state index contributed by atoms with van der Waals surface area (Å²) in [6, 6.07) is 6.81. The largest absolute Gasteiger partial charge is 0.491 e. The number of nitriles is 1. The number of carboxylic acid groups (broad SMARTS) is 1. The second kappa shape index (κ2) is 11.1. The molecule has 2 aromatic heterocycles. The van der Waals surface area contributed by atoms with Crippen molar-refractivity contribution < 1.29 is 14.6 Å². The average molecular weight is 511 g/mol. The molecule has 0 radical (unpaired) electrons. The molecule has 3 aromatic rings. The summed E-state index contributed by atoms with van der Waals surface area (Å²) in [4.78, 5) is 30.1. The van der Waals surface area contributed by atoms with Crippen molar-refractivity contribution in [3.63, 3.8) is 0 Å². The van der Waals surface area contributed by atoms with Crippen LogP contribution in [0.2, 0.25) is 0 Å². The molecule has 9 heteroatoms. The van der Waals surface area contributed by atoms with Crippen molar-refractivity contribution in [1.82, 2.24) is 14.9 Å². The SMILES string of the molecule is CCCCOc1c(C(NC(=O)O)C(C)(C)C)n(CC(C)C)c(=O)c2ccc(-c3nc(C#N)cs3)cc12. The number of carbonyl (C=O) groups is 1. The maximum Gasteiger partial charge on any atom is 0.405 e. The molecule has 2 N–H and O–H groups in total. The molecule has 3 rings (SSSR count). The average Bonchev–Trinajstić information content (AvgIpc) is 3.29. The lowest BCUT2D eigenvalue weighted by Gasteiger charge is -2.34. The Morgan fingerprint density at radius 1 is 1.31 bits per heavy atom. The van der Waals surface area contributed by atoms with Crippen LogP contribution in [0, 0.1) is 22.7 Å². The number of hydrogen-bond donors (Lipinski definition) is 2. The van der Waals surface area contributed by atoms with E-state index in [0.29, 0.717) is 46.1 Å². The van der Waals surface area contributed by atoms with Crippen molar-refractivity contribution in [2.75, 3.05) is 6.61 Å². The minimum absolute atomic E-state index is 0.145. The Morgan fingerprint density at radius 2 is 2.03 bits per heavy atom. The van der Waals surface area contributed by atoms with Gasteiger partial charge in [-0.1, -0.05) is 54.0 Å². The molecule has 0 aliphatic rings. The highest BCUT2D eigenvalue weighted by atomic mass is 32.1. The first-order chi connectivity index (χ1) is 17.0. The molecule has 1 unspecified atom stereocenters. The molecule has 0 saturated heterocycles. The normalized spacial score (nSPS) is 12.5. The van der Waals surface area contributed by atoms with E-state index in [9.17, 15) is 20.0 Å². The third kappa shape index (κ3) is 5.88. The molecule has 0 spiro atoms. The van der Waals surface area contributed by atoms with Gasteiger partial charge in [-0.15, -0.1) is 11.3 Å². The molecule has 0 aliphatic carbocycles. The third-order valence-corrected chi connectivity index (χ3v) is 6.72. The van der Waals surface area contributed by atoms with E-state index in [-0.39, 0.29) is 11.5 Å². The van der Waals surface area contributed by atoms with Crippen LogP contribution in [0.5, 0.6) is 5.75 Å². The molecule has 0 bridgehead atoms. The Hall–Kier alpha value is -3.38. The van der Waals surface area contributed by atoms with Crippen LogP contribution in [-0.2, 0) is 6.54 Å². The Morgan fingerprint density at radius 3 is 2.58 bits per heavy atom. The molecular weight excluding hydrogens is 476 g/mol. The van der Waals surface area contributed by atoms with Gasteiger partial charge in [0.2, 0.25) is 0 Å². The maximum absolute atomic E-state index is 13.9. The summed E-state index contributed by atoms with van der Waals surface area (Å²) in [7, 11) is 0. The zero-order chi connectivity index (χ0) is 26.6. The first-order valence-corrected chi connectivity index (χ1v) is 13.0. The van der Waals surface area contributed by atoms with Crippen LogP contribution in [0.15, 0.2) is 28.4 Å². The zero-order valence-electron chi connectivity index (χ0n) is 21.7. The molecule has 8 nitrogen and oxygen atoms in total. The predicted molar refractivity (Wildman–Crippen MR) is 143 cm³/mol. The molecule has 192 valence electrons. The minimum Gasteiger partial charge on any atom is -0.491 e. The molecule has 0 fully saturated rings. The number of amides is 1. The van der Waals surface area contributed by atoms with E-state index in [0.717, 1.165) is 18.4 Å². The third-order valence-electron chi connectivity index (χ3n) is 5.83. The first-order valence-electron chi connectivity index (χ1n) is 12.2. The summed E-state index contributed by atoms with van der Waals surface area (Å²) in [5.74, 6) is 0.651. The minimum atomic E-state index is -1.17. The summed E-state index contributed by atoms with van der Waals surface area (Å²) >= 11 is 1.35. The van der Waals surface area contributed by atoms with Crippen molar-refractivity contribution in [1.29, 1.82) is 5.26 Å². The van der Waals surface area contributed by atoms with E-state index in [1.54, 1.807) is 16.0 Å². The standard InChI is InChI=1S/C27H34N4O4S/c1-7-8-11-35-22-20-12-17(24-29-18(13-28)15-36-24)9-10-19(20)25(32)31(14-16(2)3)21(22)23(27(4,5)6)30-26(33)34/h9-10,12,15-16,23,30H,7-8,11,14H2,1-6H3,(H,33,34). The molecule has 36 heavy (non-hydrogen) atoms. The van der Waals surface area contributed by atoms with Crippen molar-refractivity contribution >= 4 is 28.2 Å². The van der Waals surface area contributed by atoms with E-state index in [1.165, 1.54) is 11.3 Å². The fraction of sp³-hybridized carbons (Fsp3) is 0.481. The predicted octanol–water partition coefficient (Wildman–Crippen LogP) is 6.19. The summed E-state index contributed by atoms with van der Waals surface area (Å²) in [5, 5.41) is 25.0. The topological polar surface area (TPSA) is 117 Å². The fourth-order valence-electron chi connectivity index (χ4n) is 4.15. The van der Waals surface area contributed by atoms with Crippen molar-refractivity contribution in [2.45, 2.75) is 67.0 Å². The van der Waals surface area contributed by atoms with Gasteiger partial charge in [-0.25, -0.2) is 9.78 Å². The van der Waals surface area contributed by atoms with Gasteiger partial charge in [0, 0.05) is 22.9 Å². The maximum atomic E-state index is 13.9. The quantitative estimate of drug-likeness (QED) is 0.332. The number of benzene rings is 1. The van der Waals surface area contributed by atoms with E-state index < -0.39 is 17.6 Å². The smallest absolute Gasteiger partial charge is 0.405 e. The summed E-state index contributed by atoms with van der Waals surface area (Å²) in [5.41, 5.74) is 0.887. The van der Waals surface area contributed by atoms with Gasteiger partial charge in [-0.2, -0.15) is 5.26 Å². The number of nitrogens with zero attached hydrogens (tertiary/aromatic N) is 3. The van der Waals surface area contributed by atoms with Gasteiger partial charge in [-0.05, 0) is 29.9 Å². The highest BCUT2D eigenvalue weighted by Crippen LogP contribution is 2.41. The molecule has 2 heterocycles. The number of rotatable bonds is 9. The van der Waals surface area contributed by atoms with E-state index in [1.807, 2.05) is 46.8 Å². The van der Waals surface area contributed by atoms with Crippen LogP contribution in [0.4, 0.5) is 4.79 Å². The van der Waals surface area contributed by atoms with Crippen molar-refractivity contribution in [3.8, 4) is 22.4 Å². The van der Waals surface area contributed by atoms with Crippen molar-refractivity contribution in [3.05, 3.63) is 45.3 Å². The number of thiazole rings is 1. The number of pyridine rings is 1. The lowest BCUT2D eigenvalue weighted by atomic mass is 9.83. The van der Waals surface area contributed by atoms with Crippen LogP contribution in [-0.4, -0.2) is 27.4 Å². The van der Waals surface area contributed by atoms with Crippen LogP contribution < -0.4 is 15.6 Å². The lowest BCUT2D eigenvalue weighted by molar-refractivity contribution is 0.170. The van der Waals surface area contributed by atoms with Gasteiger partial charge in [0.1, 0.15) is 16.8 Å². The number of hydrogen-bond acceptors (Lipinski definition) is 6. The second-order valence-corrected chi connectivity index (χ2v) is 11.2. The van der Waals surface area contributed by atoms with Crippen molar-refractivity contribution in [2.24, 2.45) is 11.3 Å². The Labute approximate surface area is 215 Å². The number of aromatic nitrogens is 2. The number of nitrogens with one attached hydrogen (secondary N) is 1. The molecule has 1 atom stereocenters. The van der Waals surface area contributed by atoms with E-state index in [2.05, 4.69) is 23.3 Å². The van der Waals surface area contributed by atoms with Gasteiger partial charge in [0.15, 0.2) is 5.69 Å². The molecule has 0 aliphatic heterocycles. The second-order valence-electron chi connectivity index (χ2n) is 10.4. The Bertz CT molecular complexity index is 1340.